The van der Waals surface area contributed by atoms with Gasteiger partial charge in [-0.1, -0.05) is 25.7 Å². The summed E-state index contributed by atoms with van der Waals surface area (Å²) in [5.41, 5.74) is -0.0762. The topological polar surface area (TPSA) is 40.5 Å². The second kappa shape index (κ2) is 5.80. The smallest absolute Gasteiger partial charge is 0.125 e. The average molecular weight is 182 g/mol. The Labute approximate surface area is 80.3 Å². The van der Waals surface area contributed by atoms with Crippen molar-refractivity contribution in [2.24, 2.45) is 0 Å². The quantitative estimate of drug-likeness (QED) is 0.649. The van der Waals surface area contributed by atoms with E-state index in [0.717, 1.165) is 5.57 Å². The lowest BCUT2D eigenvalue weighted by atomic mass is 9.98. The second-order valence-electron chi connectivity index (χ2n) is 3.06. The summed E-state index contributed by atoms with van der Waals surface area (Å²) in [7, 11) is 0. The van der Waals surface area contributed by atoms with Gasteiger partial charge in [0, 0.05) is 0 Å². The molecule has 0 unspecified atom stereocenters. The van der Waals surface area contributed by atoms with Crippen LogP contribution in [0.25, 0.3) is 0 Å². The zero-order valence-corrected chi connectivity index (χ0v) is 8.59. The number of rotatable bonds is 3. The monoisotopic (exact) mass is 182 g/mol. The van der Waals surface area contributed by atoms with Gasteiger partial charge in [-0.15, -0.1) is 0 Å². The summed E-state index contributed by atoms with van der Waals surface area (Å²) in [6.45, 7) is 5.62. The molecule has 2 nitrogen and oxygen atoms in total. The third-order valence-electron chi connectivity index (χ3n) is 2.06. The van der Waals surface area contributed by atoms with Gasteiger partial charge in [-0.05, 0) is 31.4 Å². The van der Waals surface area contributed by atoms with Crippen LogP contribution in [0.1, 0.15) is 33.6 Å². The van der Waals surface area contributed by atoms with E-state index in [-0.39, 0.29) is 6.61 Å². The van der Waals surface area contributed by atoms with Crippen LogP contribution < -0.4 is 0 Å². The third kappa shape index (κ3) is 4.72. The van der Waals surface area contributed by atoms with Crippen molar-refractivity contribution in [1.82, 2.24) is 0 Å². The highest BCUT2D eigenvalue weighted by Gasteiger charge is 2.17. The van der Waals surface area contributed by atoms with Gasteiger partial charge in [-0.3, -0.25) is 0 Å². The van der Waals surface area contributed by atoms with Gasteiger partial charge in [-0.2, -0.15) is 0 Å². The van der Waals surface area contributed by atoms with Crippen molar-refractivity contribution in [1.29, 1.82) is 0 Å². The molecule has 0 atom stereocenters. The molecule has 74 valence electrons. The molecule has 0 spiro atoms. The van der Waals surface area contributed by atoms with Gasteiger partial charge in [0.2, 0.25) is 0 Å². The molecule has 0 aromatic heterocycles. The Balaban J connectivity index is 4.46. The lowest BCUT2D eigenvalue weighted by molar-refractivity contribution is 0.0931. The largest absolute Gasteiger partial charge is 0.392 e. The number of hydrogen-bond donors (Lipinski definition) is 2. The molecule has 0 heterocycles. The molecule has 2 heteroatoms. The van der Waals surface area contributed by atoms with Gasteiger partial charge >= 0.3 is 0 Å². The summed E-state index contributed by atoms with van der Waals surface area (Å²) >= 11 is 0. The summed E-state index contributed by atoms with van der Waals surface area (Å²) in [6, 6.07) is 0. The van der Waals surface area contributed by atoms with Crippen molar-refractivity contribution in [2.45, 2.75) is 39.2 Å². The first-order valence-electron chi connectivity index (χ1n) is 4.61. The number of aliphatic hydroxyl groups is 2. The van der Waals surface area contributed by atoms with E-state index in [1.54, 1.807) is 6.08 Å². The van der Waals surface area contributed by atoms with E-state index >= 15 is 0 Å². The van der Waals surface area contributed by atoms with E-state index in [1.165, 1.54) is 0 Å². The molecule has 2 N–H and O–H groups in total. The van der Waals surface area contributed by atoms with Crippen molar-refractivity contribution in [3.05, 3.63) is 11.6 Å². The van der Waals surface area contributed by atoms with Gasteiger partial charge in [0.05, 0.1) is 6.61 Å². The van der Waals surface area contributed by atoms with Gasteiger partial charge < -0.3 is 10.2 Å². The first kappa shape index (κ1) is 12.2. The molecule has 0 aliphatic heterocycles. The Morgan fingerprint density at radius 1 is 1.38 bits per heavy atom. The first-order chi connectivity index (χ1) is 6.08. The zero-order chi connectivity index (χ0) is 10.3. The van der Waals surface area contributed by atoms with Crippen molar-refractivity contribution in [2.75, 3.05) is 6.61 Å². The molecular weight excluding hydrogens is 164 g/mol. The van der Waals surface area contributed by atoms with Crippen LogP contribution in [0.3, 0.4) is 0 Å². The zero-order valence-electron chi connectivity index (χ0n) is 8.59. The maximum Gasteiger partial charge on any atom is 0.125 e. The SMILES string of the molecule is CCC(O)(C#C/C(C)=C/CO)CC. The van der Waals surface area contributed by atoms with E-state index < -0.39 is 5.60 Å². The summed E-state index contributed by atoms with van der Waals surface area (Å²) in [5, 5.41) is 18.4. The Kier molecular flexibility index (Phi) is 5.45. The van der Waals surface area contributed by atoms with Crippen LogP contribution in [-0.4, -0.2) is 22.4 Å². The highest BCUT2D eigenvalue weighted by molar-refractivity contribution is 5.30. The van der Waals surface area contributed by atoms with Crippen molar-refractivity contribution in [3.63, 3.8) is 0 Å². The highest BCUT2D eigenvalue weighted by Crippen LogP contribution is 2.12. The Hall–Kier alpha value is -0.780. The molecule has 0 bridgehead atoms. The average Bonchev–Trinajstić information content (AvgIpc) is 2.15. The Morgan fingerprint density at radius 2 is 1.92 bits per heavy atom. The minimum Gasteiger partial charge on any atom is -0.392 e. The van der Waals surface area contributed by atoms with E-state index in [2.05, 4.69) is 11.8 Å². The van der Waals surface area contributed by atoms with Crippen LogP contribution >= 0.6 is 0 Å². The molecule has 0 aromatic rings. The summed E-state index contributed by atoms with van der Waals surface area (Å²) < 4.78 is 0. The lowest BCUT2D eigenvalue weighted by Gasteiger charge is -2.16. The Bertz CT molecular complexity index is 226. The maximum absolute atomic E-state index is 9.78. The highest BCUT2D eigenvalue weighted by atomic mass is 16.3. The number of hydrogen-bond acceptors (Lipinski definition) is 2. The second-order valence-corrected chi connectivity index (χ2v) is 3.06. The van der Waals surface area contributed by atoms with Gasteiger partial charge in [-0.25, -0.2) is 0 Å². The van der Waals surface area contributed by atoms with E-state index in [9.17, 15) is 5.11 Å². The molecule has 0 saturated carbocycles. The van der Waals surface area contributed by atoms with Gasteiger partial charge in [0.25, 0.3) is 0 Å². The van der Waals surface area contributed by atoms with Crippen LogP contribution in [-0.2, 0) is 0 Å². The van der Waals surface area contributed by atoms with Crippen LogP contribution in [0, 0.1) is 11.8 Å². The number of aliphatic hydroxyl groups excluding tert-OH is 1. The Morgan fingerprint density at radius 3 is 2.31 bits per heavy atom. The van der Waals surface area contributed by atoms with Crippen LogP contribution in [0.15, 0.2) is 11.6 Å². The normalized spacial score (nSPS) is 12.2. The molecule has 0 amide bonds. The summed E-state index contributed by atoms with van der Waals surface area (Å²) in [4.78, 5) is 0. The third-order valence-corrected chi connectivity index (χ3v) is 2.06. The van der Waals surface area contributed by atoms with Crippen LogP contribution in [0.4, 0.5) is 0 Å². The predicted octanol–water partition coefficient (Wildman–Crippen LogP) is 1.48. The van der Waals surface area contributed by atoms with E-state index in [0.29, 0.717) is 12.8 Å². The molecule has 0 rings (SSSR count). The minimum absolute atomic E-state index is 0.00279. The summed E-state index contributed by atoms with van der Waals surface area (Å²) in [5.74, 6) is 5.63. The van der Waals surface area contributed by atoms with Crippen molar-refractivity contribution < 1.29 is 10.2 Å². The minimum atomic E-state index is -0.870. The van der Waals surface area contributed by atoms with Gasteiger partial charge in [0.1, 0.15) is 5.60 Å². The molecular formula is C11H18O2. The molecule has 0 radical (unpaired) electrons. The fraction of sp³-hybridized carbons (Fsp3) is 0.636. The van der Waals surface area contributed by atoms with Crippen LogP contribution in [0.5, 0.6) is 0 Å². The van der Waals surface area contributed by atoms with E-state index in [4.69, 9.17) is 5.11 Å². The first-order valence-corrected chi connectivity index (χ1v) is 4.61. The van der Waals surface area contributed by atoms with Crippen molar-refractivity contribution >= 4 is 0 Å². The fourth-order valence-corrected chi connectivity index (χ4v) is 0.830. The molecule has 0 aromatic carbocycles. The van der Waals surface area contributed by atoms with Crippen LogP contribution in [0.2, 0.25) is 0 Å². The lowest BCUT2D eigenvalue weighted by Crippen LogP contribution is -2.23. The summed E-state index contributed by atoms with van der Waals surface area (Å²) in [6.07, 6.45) is 2.88. The molecule has 0 saturated heterocycles. The molecule has 0 aliphatic rings. The fourth-order valence-electron chi connectivity index (χ4n) is 0.830. The molecule has 13 heavy (non-hydrogen) atoms. The predicted molar refractivity (Wildman–Crippen MR) is 54.2 cm³/mol. The standard InChI is InChI=1S/C11H18O2/c1-4-11(13,5-2)8-6-10(3)7-9-12/h7,12-13H,4-5,9H2,1-3H3/b10-7+. The van der Waals surface area contributed by atoms with Crippen molar-refractivity contribution in [3.8, 4) is 11.8 Å². The number of allylic oxidation sites excluding steroid dienone is 1. The van der Waals surface area contributed by atoms with E-state index in [1.807, 2.05) is 20.8 Å². The maximum atomic E-state index is 9.78. The van der Waals surface area contributed by atoms with Gasteiger partial charge in [0.15, 0.2) is 0 Å². The molecule has 0 aliphatic carbocycles. The molecule has 0 fully saturated rings.